The highest BCUT2D eigenvalue weighted by Crippen LogP contribution is 2.25. The zero-order chi connectivity index (χ0) is 20.1. The first kappa shape index (κ1) is 19.7. The van der Waals surface area contributed by atoms with E-state index >= 15 is 0 Å². The molecule has 5 nitrogen and oxygen atoms in total. The van der Waals surface area contributed by atoms with Gasteiger partial charge in [-0.2, -0.15) is 0 Å². The lowest BCUT2D eigenvalue weighted by Crippen LogP contribution is -2.25. The number of carbonyl (C=O) groups excluding carboxylic acids is 1. The highest BCUT2D eigenvalue weighted by molar-refractivity contribution is 7.80. The van der Waals surface area contributed by atoms with Crippen LogP contribution in [0.15, 0.2) is 72.8 Å². The fourth-order valence-electron chi connectivity index (χ4n) is 2.82. The molecule has 0 saturated heterocycles. The number of benzene rings is 3. The fraction of sp³-hybridized carbons (Fsp3) is 0.0952. The maximum atomic E-state index is 13.8. The molecule has 7 heteroatoms. The average molecular weight is 398 g/mol. The van der Waals surface area contributed by atoms with Crippen LogP contribution in [0.25, 0.3) is 11.1 Å². The third-order valence-corrected chi connectivity index (χ3v) is 4.85. The number of carbonyl (C=O) groups is 1. The van der Waals surface area contributed by atoms with Gasteiger partial charge in [-0.05, 0) is 47.0 Å². The van der Waals surface area contributed by atoms with Crippen molar-refractivity contribution in [3.8, 4) is 11.1 Å². The zero-order valence-corrected chi connectivity index (χ0v) is 15.8. The van der Waals surface area contributed by atoms with Gasteiger partial charge in [0.25, 0.3) is 0 Å². The lowest BCUT2D eigenvalue weighted by molar-refractivity contribution is 0.0600. The van der Waals surface area contributed by atoms with E-state index in [4.69, 9.17) is 0 Å². The molecule has 144 valence electrons. The molecule has 0 saturated carbocycles. The van der Waals surface area contributed by atoms with Gasteiger partial charge >= 0.3 is 5.97 Å². The molecule has 1 unspecified atom stereocenters. The Balaban J connectivity index is 1.88. The molecule has 3 aromatic rings. The number of nitrogens with zero attached hydrogens (tertiary/aromatic N) is 1. The Bertz CT molecular complexity index is 993. The van der Waals surface area contributed by atoms with Crippen LogP contribution in [0, 0.1) is 5.82 Å². The van der Waals surface area contributed by atoms with E-state index in [1.807, 2.05) is 42.5 Å². The van der Waals surface area contributed by atoms with Gasteiger partial charge in [-0.15, -0.1) is 0 Å². The van der Waals surface area contributed by atoms with Crippen molar-refractivity contribution >= 4 is 22.9 Å². The number of esters is 1. The second-order valence-electron chi connectivity index (χ2n) is 6.01. The molecule has 28 heavy (non-hydrogen) atoms. The number of anilines is 1. The van der Waals surface area contributed by atoms with Gasteiger partial charge in [0.05, 0.1) is 19.2 Å². The minimum absolute atomic E-state index is 0.0218. The van der Waals surface area contributed by atoms with Crippen LogP contribution in [0.4, 0.5) is 10.1 Å². The lowest BCUT2D eigenvalue weighted by atomic mass is 10.1. The van der Waals surface area contributed by atoms with Crippen LogP contribution in [-0.2, 0) is 22.5 Å². The smallest absolute Gasteiger partial charge is 0.337 e. The molecule has 0 N–H and O–H groups in total. The van der Waals surface area contributed by atoms with Gasteiger partial charge in [0.1, 0.15) is 5.82 Å². The Kier molecular flexibility index (Phi) is 6.18. The summed E-state index contributed by atoms with van der Waals surface area (Å²) in [5, 5.41) is 0. The topological polar surface area (TPSA) is 69.7 Å². The average Bonchev–Trinajstić information content (AvgIpc) is 2.71. The van der Waals surface area contributed by atoms with Crippen molar-refractivity contribution in [1.82, 2.24) is 0 Å². The molecule has 0 amide bonds. The van der Waals surface area contributed by atoms with Crippen molar-refractivity contribution < 1.29 is 22.7 Å². The fourth-order valence-corrected chi connectivity index (χ4v) is 3.37. The van der Waals surface area contributed by atoms with Crippen LogP contribution in [0.5, 0.6) is 0 Å². The quantitative estimate of drug-likeness (QED) is 0.463. The van der Waals surface area contributed by atoms with Gasteiger partial charge in [0.2, 0.25) is 0 Å². The summed E-state index contributed by atoms with van der Waals surface area (Å²) in [4.78, 5) is 11.7. The summed E-state index contributed by atoms with van der Waals surface area (Å²) in [7, 11) is 1.19. The Labute approximate surface area is 164 Å². The van der Waals surface area contributed by atoms with E-state index in [1.54, 1.807) is 12.1 Å². The maximum absolute atomic E-state index is 13.8. The van der Waals surface area contributed by atoms with Crippen molar-refractivity contribution in [2.75, 3.05) is 11.4 Å². The highest BCUT2D eigenvalue weighted by atomic mass is 32.2. The summed E-state index contributed by atoms with van der Waals surface area (Å²) in [6.45, 7) is -0.122. The second-order valence-corrected chi connectivity index (χ2v) is 6.88. The van der Waals surface area contributed by atoms with Gasteiger partial charge in [-0.3, -0.25) is 8.51 Å². The van der Waals surface area contributed by atoms with Gasteiger partial charge in [-0.1, -0.05) is 42.5 Å². The predicted molar refractivity (Wildman–Crippen MR) is 105 cm³/mol. The normalized spacial score (nSPS) is 11.7. The molecule has 0 aliphatic carbocycles. The largest absolute Gasteiger partial charge is 0.755 e. The Morgan fingerprint density at radius 3 is 2.29 bits per heavy atom. The molecule has 0 aliphatic rings. The van der Waals surface area contributed by atoms with E-state index < -0.39 is 23.1 Å². The van der Waals surface area contributed by atoms with E-state index in [1.165, 1.54) is 19.2 Å². The van der Waals surface area contributed by atoms with Crippen LogP contribution in [0.3, 0.4) is 0 Å². The summed E-state index contributed by atoms with van der Waals surface area (Å²) in [5.74, 6) is -1.34. The van der Waals surface area contributed by atoms with E-state index in [0.717, 1.165) is 21.5 Å². The number of methoxy groups -OCH3 is 1. The summed E-state index contributed by atoms with van der Waals surface area (Å²) in [6.07, 6.45) is 0. The SMILES string of the molecule is COC(=O)c1cc(F)cc(CN(c2ccc(-c3ccccc3)cc2)S(=O)[O-])c1. The maximum Gasteiger partial charge on any atom is 0.337 e. The summed E-state index contributed by atoms with van der Waals surface area (Å²) in [5.41, 5.74) is 2.73. The first-order valence-electron chi connectivity index (χ1n) is 8.38. The number of hydrogen-bond acceptors (Lipinski definition) is 4. The Hall–Kier alpha value is -3.03. The predicted octanol–water partition coefficient (Wildman–Crippen LogP) is 4.08. The Morgan fingerprint density at radius 1 is 1.04 bits per heavy atom. The molecular formula is C21H17FNO4S-. The molecule has 0 radical (unpaired) electrons. The molecule has 3 aromatic carbocycles. The monoisotopic (exact) mass is 398 g/mol. The van der Waals surface area contributed by atoms with Crippen molar-refractivity contribution in [3.05, 3.63) is 89.7 Å². The van der Waals surface area contributed by atoms with Gasteiger partial charge < -0.3 is 9.29 Å². The number of ether oxygens (including phenoxy) is 1. The van der Waals surface area contributed by atoms with Crippen LogP contribution < -0.4 is 4.31 Å². The standard InChI is InChI=1S/C21H18FNO4S/c1-27-21(24)18-11-15(12-19(22)13-18)14-23(28(25)26)20-9-7-17(8-10-20)16-5-3-2-4-6-16/h2-13H,14H2,1H3,(H,25,26)/p-1. The minimum atomic E-state index is -2.59. The zero-order valence-electron chi connectivity index (χ0n) is 15.0. The van der Waals surface area contributed by atoms with E-state index in [2.05, 4.69) is 4.74 Å². The third-order valence-electron chi connectivity index (χ3n) is 4.15. The van der Waals surface area contributed by atoms with Crippen molar-refractivity contribution in [3.63, 3.8) is 0 Å². The van der Waals surface area contributed by atoms with Gasteiger partial charge in [0, 0.05) is 17.0 Å². The van der Waals surface area contributed by atoms with Gasteiger partial charge in [-0.25, -0.2) is 9.18 Å². The molecule has 0 aliphatic heterocycles. The molecule has 3 rings (SSSR count). The van der Waals surface area contributed by atoms with Crippen LogP contribution in [-0.4, -0.2) is 21.8 Å². The molecule has 0 bridgehead atoms. The number of halogens is 1. The van der Waals surface area contributed by atoms with Crippen LogP contribution in [0.2, 0.25) is 0 Å². The van der Waals surface area contributed by atoms with E-state index in [9.17, 15) is 17.9 Å². The van der Waals surface area contributed by atoms with Crippen molar-refractivity contribution in [1.29, 1.82) is 0 Å². The van der Waals surface area contributed by atoms with Gasteiger partial charge in [0.15, 0.2) is 0 Å². The molecule has 1 atom stereocenters. The lowest BCUT2D eigenvalue weighted by Gasteiger charge is -2.27. The molecule has 0 spiro atoms. The molecule has 0 aromatic heterocycles. The van der Waals surface area contributed by atoms with E-state index in [-0.39, 0.29) is 12.1 Å². The van der Waals surface area contributed by atoms with E-state index in [0.29, 0.717) is 11.3 Å². The summed E-state index contributed by atoms with van der Waals surface area (Å²) < 4.78 is 43.0. The molecule has 0 heterocycles. The molecule has 0 fully saturated rings. The highest BCUT2D eigenvalue weighted by Gasteiger charge is 2.13. The number of rotatable bonds is 6. The van der Waals surface area contributed by atoms with Crippen LogP contribution >= 0.6 is 0 Å². The third kappa shape index (κ3) is 4.62. The summed E-state index contributed by atoms with van der Waals surface area (Å²) in [6, 6.07) is 20.3. The Morgan fingerprint density at radius 2 is 1.68 bits per heavy atom. The number of hydrogen-bond donors (Lipinski definition) is 0. The van der Waals surface area contributed by atoms with Crippen molar-refractivity contribution in [2.45, 2.75) is 6.54 Å². The summed E-state index contributed by atoms with van der Waals surface area (Å²) >= 11 is -2.59. The van der Waals surface area contributed by atoms with Crippen LogP contribution in [0.1, 0.15) is 15.9 Å². The molecular weight excluding hydrogens is 381 g/mol. The van der Waals surface area contributed by atoms with Crippen molar-refractivity contribution in [2.24, 2.45) is 0 Å². The second kappa shape index (κ2) is 8.77. The minimum Gasteiger partial charge on any atom is -0.755 e. The first-order chi connectivity index (χ1) is 13.5. The first-order valence-corrected chi connectivity index (χ1v) is 9.41.